The van der Waals surface area contributed by atoms with E-state index >= 15 is 0 Å². The number of hydrogen-bond acceptors (Lipinski definition) is 12. The van der Waals surface area contributed by atoms with Crippen molar-refractivity contribution in [2.75, 3.05) is 24.4 Å². The van der Waals surface area contributed by atoms with Crippen LogP contribution in [0, 0.1) is 25.7 Å². The molecule has 4 rings (SSSR count). The number of aliphatic hydroxyl groups is 3. The quantitative estimate of drug-likeness (QED) is 0.278. The van der Waals surface area contributed by atoms with Crippen LogP contribution in [0.25, 0.3) is 20.8 Å². The zero-order valence-electron chi connectivity index (χ0n) is 20.9. The molecule has 0 spiro atoms. The van der Waals surface area contributed by atoms with E-state index in [1.54, 1.807) is 6.20 Å². The molecule has 1 saturated carbocycles. The molecule has 3 aromatic heterocycles. The number of pyridine rings is 1. The Balaban J connectivity index is 1.79. The van der Waals surface area contributed by atoms with Gasteiger partial charge in [0.15, 0.2) is 0 Å². The normalized spacial score (nSPS) is 22.7. The lowest BCUT2D eigenvalue weighted by Crippen LogP contribution is -2.37. The van der Waals surface area contributed by atoms with Crippen molar-refractivity contribution in [2.24, 2.45) is 11.8 Å². The van der Waals surface area contributed by atoms with Gasteiger partial charge in [0.1, 0.15) is 28.5 Å². The first-order valence-corrected chi connectivity index (χ1v) is 12.6. The van der Waals surface area contributed by atoms with Gasteiger partial charge in [0, 0.05) is 18.7 Å². The first kappa shape index (κ1) is 26.1. The van der Waals surface area contributed by atoms with Gasteiger partial charge in [0.25, 0.3) is 0 Å². The Hall–Kier alpha value is -2.93. The Labute approximate surface area is 213 Å². The third-order valence-corrected chi connectivity index (χ3v) is 7.60. The maximum atomic E-state index is 12.3. The zero-order valence-corrected chi connectivity index (χ0v) is 21.7. The molecular formula is C24H32N6O5S. The topological polar surface area (TPSA) is 163 Å². The fourth-order valence-corrected chi connectivity index (χ4v) is 5.59. The summed E-state index contributed by atoms with van der Waals surface area (Å²) in [7, 11) is 1.33. The number of carbonyl (C=O) groups excluding carboxylic acids is 1. The molecule has 5 N–H and O–H groups in total. The number of nitrogens with one attached hydrogen (secondary N) is 2. The van der Waals surface area contributed by atoms with Gasteiger partial charge >= 0.3 is 5.97 Å². The maximum Gasteiger partial charge on any atom is 0.328 e. The largest absolute Gasteiger partial charge is 0.467 e. The Morgan fingerprint density at radius 2 is 1.94 bits per heavy atom. The minimum absolute atomic E-state index is 0.0886. The van der Waals surface area contributed by atoms with Crippen LogP contribution in [0.1, 0.15) is 31.7 Å². The van der Waals surface area contributed by atoms with Gasteiger partial charge in [-0.1, -0.05) is 13.8 Å². The Morgan fingerprint density at radius 1 is 1.19 bits per heavy atom. The average Bonchev–Trinajstić information content (AvgIpc) is 3.39. The number of nitrogens with zero attached hydrogens (tertiary/aromatic N) is 4. The summed E-state index contributed by atoms with van der Waals surface area (Å²) in [5.41, 5.74) is 2.85. The summed E-state index contributed by atoms with van der Waals surface area (Å²) < 4.78 is 5.90. The van der Waals surface area contributed by atoms with Crippen molar-refractivity contribution in [3.8, 4) is 10.6 Å². The van der Waals surface area contributed by atoms with Crippen molar-refractivity contribution in [1.29, 1.82) is 0 Å². The van der Waals surface area contributed by atoms with Gasteiger partial charge in [-0.2, -0.15) is 4.98 Å². The lowest BCUT2D eigenvalue weighted by atomic mass is 10.1. The summed E-state index contributed by atoms with van der Waals surface area (Å²) in [6, 6.07) is 0.675. The maximum absolute atomic E-state index is 12.3. The van der Waals surface area contributed by atoms with Gasteiger partial charge < -0.3 is 30.7 Å². The summed E-state index contributed by atoms with van der Waals surface area (Å²) in [6.07, 6.45) is -0.0671. The molecule has 1 aliphatic rings. The molecule has 12 heteroatoms. The average molecular weight is 517 g/mol. The van der Waals surface area contributed by atoms with Crippen LogP contribution in [-0.2, 0) is 9.53 Å². The molecule has 194 valence electrons. The molecule has 0 aliphatic heterocycles. The predicted octanol–water partition coefficient (Wildman–Crippen LogP) is 1.89. The van der Waals surface area contributed by atoms with Crippen molar-refractivity contribution in [1.82, 2.24) is 19.9 Å². The molecule has 3 heterocycles. The number of anilines is 2. The summed E-state index contributed by atoms with van der Waals surface area (Å²) in [4.78, 5) is 30.7. The molecule has 36 heavy (non-hydrogen) atoms. The minimum Gasteiger partial charge on any atom is -0.467 e. The van der Waals surface area contributed by atoms with Gasteiger partial charge in [-0.3, -0.25) is 4.98 Å². The molecule has 1 fully saturated rings. The molecule has 0 radical (unpaired) electrons. The first-order valence-electron chi connectivity index (χ1n) is 11.8. The smallest absolute Gasteiger partial charge is 0.328 e. The molecule has 3 aromatic rings. The van der Waals surface area contributed by atoms with Crippen molar-refractivity contribution >= 4 is 39.3 Å². The number of thiazole rings is 1. The molecule has 0 bridgehead atoms. The Morgan fingerprint density at radius 3 is 2.56 bits per heavy atom. The summed E-state index contributed by atoms with van der Waals surface area (Å²) in [5.74, 6) is -0.360. The molecular weight excluding hydrogens is 484 g/mol. The number of hydrogen-bond donors (Lipinski definition) is 5. The summed E-state index contributed by atoms with van der Waals surface area (Å²) in [6.45, 7) is 7.25. The van der Waals surface area contributed by atoms with E-state index in [0.29, 0.717) is 28.5 Å². The second kappa shape index (κ2) is 10.6. The van der Waals surface area contributed by atoms with Gasteiger partial charge in [-0.05, 0) is 32.3 Å². The molecule has 11 nitrogen and oxygen atoms in total. The van der Waals surface area contributed by atoms with Crippen molar-refractivity contribution in [3.63, 3.8) is 0 Å². The van der Waals surface area contributed by atoms with Crippen LogP contribution in [0.15, 0.2) is 12.3 Å². The van der Waals surface area contributed by atoms with Crippen LogP contribution in [0.4, 0.5) is 11.8 Å². The van der Waals surface area contributed by atoms with Gasteiger partial charge in [0.2, 0.25) is 5.95 Å². The summed E-state index contributed by atoms with van der Waals surface area (Å²) in [5, 5.41) is 37.6. The van der Waals surface area contributed by atoms with E-state index in [1.807, 2.05) is 33.8 Å². The van der Waals surface area contributed by atoms with Gasteiger partial charge in [-0.15, -0.1) is 11.3 Å². The van der Waals surface area contributed by atoms with Crippen molar-refractivity contribution < 1.29 is 24.9 Å². The molecule has 5 atom stereocenters. The standard InChI is InChI=1S/C24H32N6O5S/c1-10(2)17(23(34)35-5)29-24-26-11(3)16(22-28-18-12(4)25-7-6-15(18)36-22)21(30-24)27-14-8-13(9-31)19(32)20(14)33/h6-7,10,13-14,17,19-20,31-33H,8-9H2,1-5H3,(H2,26,27,29,30)/t13-,14-,17?,19-,20+/m1/s1. The zero-order chi connectivity index (χ0) is 26.1. The van der Waals surface area contributed by atoms with Crippen LogP contribution >= 0.6 is 11.3 Å². The van der Waals surface area contributed by atoms with Crippen LogP contribution < -0.4 is 10.6 Å². The molecule has 1 unspecified atom stereocenters. The van der Waals surface area contributed by atoms with Crippen molar-refractivity contribution in [2.45, 2.75) is 58.4 Å². The van der Waals surface area contributed by atoms with E-state index in [4.69, 9.17) is 9.72 Å². The molecule has 0 saturated heterocycles. The monoisotopic (exact) mass is 516 g/mol. The van der Waals surface area contributed by atoms with E-state index in [1.165, 1.54) is 18.4 Å². The number of rotatable bonds is 8. The number of esters is 1. The number of aromatic nitrogens is 4. The summed E-state index contributed by atoms with van der Waals surface area (Å²) >= 11 is 1.47. The van der Waals surface area contributed by atoms with Gasteiger partial charge in [0.05, 0.1) is 40.9 Å². The van der Waals surface area contributed by atoms with E-state index < -0.39 is 36.2 Å². The molecule has 0 aromatic carbocycles. The fraction of sp³-hybridized carbons (Fsp3) is 0.542. The highest BCUT2D eigenvalue weighted by atomic mass is 32.1. The highest BCUT2D eigenvalue weighted by Gasteiger charge is 2.41. The molecule has 1 aliphatic carbocycles. The van der Waals surface area contributed by atoms with Crippen LogP contribution in [-0.4, -0.2) is 79.2 Å². The lowest BCUT2D eigenvalue weighted by molar-refractivity contribution is -0.142. The minimum atomic E-state index is -1.10. The number of methoxy groups -OCH3 is 1. The van der Waals surface area contributed by atoms with E-state index in [9.17, 15) is 20.1 Å². The number of aryl methyl sites for hydroxylation is 2. The first-order chi connectivity index (χ1) is 17.1. The Kier molecular flexibility index (Phi) is 7.69. The van der Waals surface area contributed by atoms with Crippen molar-refractivity contribution in [3.05, 3.63) is 23.7 Å². The van der Waals surface area contributed by atoms with E-state index in [-0.39, 0.29) is 18.5 Å². The number of ether oxygens (including phenoxy) is 1. The second-order valence-corrected chi connectivity index (χ2v) is 10.4. The third kappa shape index (κ3) is 4.99. The SMILES string of the molecule is COC(=O)C(Nc1nc(C)c(-c2nc3c(C)nccc3s2)c(N[C@@H]2C[C@H](CO)[C@@H](O)[C@H]2O)n1)C(C)C. The Bertz CT molecular complexity index is 1250. The second-order valence-electron chi connectivity index (χ2n) is 9.42. The van der Waals surface area contributed by atoms with Gasteiger partial charge in [-0.25, -0.2) is 14.8 Å². The number of fused-ring (bicyclic) bond motifs is 1. The van der Waals surface area contributed by atoms with E-state index in [2.05, 4.69) is 25.6 Å². The highest BCUT2D eigenvalue weighted by Crippen LogP contribution is 2.38. The fourth-order valence-electron chi connectivity index (χ4n) is 4.48. The third-order valence-electron chi connectivity index (χ3n) is 6.56. The van der Waals surface area contributed by atoms with Crippen LogP contribution in [0.5, 0.6) is 0 Å². The number of aliphatic hydroxyl groups excluding tert-OH is 3. The highest BCUT2D eigenvalue weighted by molar-refractivity contribution is 7.21. The number of carbonyl (C=O) groups is 1. The van der Waals surface area contributed by atoms with Crippen LogP contribution in [0.3, 0.4) is 0 Å². The molecule has 0 amide bonds. The van der Waals surface area contributed by atoms with E-state index in [0.717, 1.165) is 15.9 Å². The van der Waals surface area contributed by atoms with Crippen LogP contribution in [0.2, 0.25) is 0 Å². The lowest BCUT2D eigenvalue weighted by Gasteiger charge is -2.23. The predicted molar refractivity (Wildman–Crippen MR) is 137 cm³/mol.